The summed E-state index contributed by atoms with van der Waals surface area (Å²) < 4.78 is 16.7. The van der Waals surface area contributed by atoms with Gasteiger partial charge in [-0.05, 0) is 48.0 Å². The second kappa shape index (κ2) is 8.78. The average Bonchev–Trinajstić information content (AvgIpc) is 3.25. The number of hydrogen-bond donors (Lipinski definition) is 1. The Morgan fingerprint density at radius 2 is 2.03 bits per heavy atom. The van der Waals surface area contributed by atoms with Crippen molar-refractivity contribution in [1.29, 1.82) is 5.26 Å². The Labute approximate surface area is 182 Å². The van der Waals surface area contributed by atoms with Crippen molar-refractivity contribution in [2.45, 2.75) is 12.7 Å². The number of carboxylic acids is 1. The van der Waals surface area contributed by atoms with Crippen molar-refractivity contribution in [1.82, 2.24) is 4.98 Å². The van der Waals surface area contributed by atoms with Crippen LogP contribution in [0.25, 0.3) is 11.1 Å². The molecule has 0 saturated heterocycles. The number of halogens is 1. The molecule has 0 bridgehead atoms. The summed E-state index contributed by atoms with van der Waals surface area (Å²) in [5, 5.41) is 19.2. The zero-order valence-corrected chi connectivity index (χ0v) is 16.7. The van der Waals surface area contributed by atoms with Crippen LogP contribution in [0.1, 0.15) is 22.8 Å². The minimum absolute atomic E-state index is 0.153. The number of ether oxygens (including phenoxy) is 2. The number of oxazole rings is 1. The third kappa shape index (κ3) is 4.44. The summed E-state index contributed by atoms with van der Waals surface area (Å²) >= 11 is 6.26. The van der Waals surface area contributed by atoms with Crippen molar-refractivity contribution < 1.29 is 23.8 Å². The number of hydrogen-bond acceptors (Lipinski definition) is 6. The number of nitrogens with zero attached hydrogens (tertiary/aromatic N) is 2. The van der Waals surface area contributed by atoms with Gasteiger partial charge in [0.1, 0.15) is 29.7 Å². The highest BCUT2D eigenvalue weighted by Gasteiger charge is 2.26. The molecule has 0 aliphatic heterocycles. The minimum atomic E-state index is -1.42. The number of benzene rings is 3. The van der Waals surface area contributed by atoms with Crippen molar-refractivity contribution in [2.75, 3.05) is 0 Å². The maximum absolute atomic E-state index is 11.9. The molecular weight excluding hydrogens is 420 g/mol. The van der Waals surface area contributed by atoms with Crippen LogP contribution >= 0.6 is 11.6 Å². The molecule has 0 amide bonds. The lowest BCUT2D eigenvalue weighted by atomic mass is 10.1. The predicted molar refractivity (Wildman–Crippen MR) is 112 cm³/mol. The predicted octanol–water partition coefficient (Wildman–Crippen LogP) is 5.14. The van der Waals surface area contributed by atoms with Gasteiger partial charge >= 0.3 is 5.97 Å². The van der Waals surface area contributed by atoms with Gasteiger partial charge in [0.25, 0.3) is 0 Å². The van der Waals surface area contributed by atoms with Crippen LogP contribution in [0.15, 0.2) is 71.5 Å². The zero-order valence-electron chi connectivity index (χ0n) is 16.0. The molecule has 4 rings (SSSR count). The fraction of sp³-hybridized carbons (Fsp3) is 0.0870. The molecule has 0 aliphatic rings. The monoisotopic (exact) mass is 434 g/mol. The Morgan fingerprint density at radius 3 is 2.84 bits per heavy atom. The highest BCUT2D eigenvalue weighted by atomic mass is 35.5. The van der Waals surface area contributed by atoms with Gasteiger partial charge in [0.15, 0.2) is 12.0 Å². The number of aromatic nitrogens is 1. The quantitative estimate of drug-likeness (QED) is 0.429. The van der Waals surface area contributed by atoms with E-state index in [4.69, 9.17) is 25.5 Å². The van der Waals surface area contributed by atoms with Gasteiger partial charge in [-0.15, -0.1) is 0 Å². The number of aliphatic carboxylic acids is 1. The molecular formula is C23H15ClN2O5. The van der Waals surface area contributed by atoms with Crippen molar-refractivity contribution in [3.05, 3.63) is 88.8 Å². The Hall–Kier alpha value is -4.02. The van der Waals surface area contributed by atoms with E-state index in [-0.39, 0.29) is 28.5 Å². The number of rotatable bonds is 7. The van der Waals surface area contributed by atoms with Gasteiger partial charge in [-0.2, -0.15) is 5.26 Å². The van der Waals surface area contributed by atoms with E-state index in [0.29, 0.717) is 11.3 Å². The molecule has 154 valence electrons. The summed E-state index contributed by atoms with van der Waals surface area (Å²) in [6.07, 6.45) is -0.0480. The topological polar surface area (TPSA) is 106 Å². The third-order valence-electron chi connectivity index (χ3n) is 4.53. The molecule has 0 fully saturated rings. The van der Waals surface area contributed by atoms with Gasteiger partial charge in [0, 0.05) is 10.6 Å². The molecule has 1 aromatic heterocycles. The molecule has 0 spiro atoms. The first-order valence-electron chi connectivity index (χ1n) is 9.18. The summed E-state index contributed by atoms with van der Waals surface area (Å²) in [5.41, 5.74) is 2.69. The molecule has 1 unspecified atom stereocenters. The highest BCUT2D eigenvalue weighted by molar-refractivity contribution is 6.31. The van der Waals surface area contributed by atoms with E-state index in [2.05, 4.69) is 4.98 Å². The molecule has 31 heavy (non-hydrogen) atoms. The van der Waals surface area contributed by atoms with Crippen LogP contribution < -0.4 is 9.47 Å². The first-order chi connectivity index (χ1) is 15.0. The van der Waals surface area contributed by atoms with Gasteiger partial charge < -0.3 is 19.0 Å². The first kappa shape index (κ1) is 20.3. The molecule has 0 aliphatic carbocycles. The lowest BCUT2D eigenvalue weighted by molar-refractivity contribution is -0.145. The number of carboxylic acid groups (broad SMARTS) is 1. The largest absolute Gasteiger partial charge is 0.489 e. The van der Waals surface area contributed by atoms with Gasteiger partial charge in [0.05, 0.1) is 5.56 Å². The van der Waals surface area contributed by atoms with Crippen LogP contribution in [0.5, 0.6) is 11.5 Å². The van der Waals surface area contributed by atoms with Gasteiger partial charge in [-0.1, -0.05) is 29.8 Å². The van der Waals surface area contributed by atoms with E-state index >= 15 is 0 Å². The van der Waals surface area contributed by atoms with Crippen molar-refractivity contribution in [2.24, 2.45) is 0 Å². The van der Waals surface area contributed by atoms with Crippen LogP contribution in [0.2, 0.25) is 5.02 Å². The fourth-order valence-corrected chi connectivity index (χ4v) is 3.22. The maximum atomic E-state index is 11.9. The summed E-state index contributed by atoms with van der Waals surface area (Å²) in [7, 11) is 0. The van der Waals surface area contributed by atoms with Crippen molar-refractivity contribution in [3.63, 3.8) is 0 Å². The van der Waals surface area contributed by atoms with Crippen LogP contribution in [0.3, 0.4) is 0 Å². The standard InChI is InChI=1S/C23H15ClN2O5/c24-18-7-6-16(29-12-14-5-8-19-21(9-14)30-13-26-19)10-17(18)22(23(27)28)31-20-4-2-1-3-15(20)11-25/h1-10,13,22H,12H2,(H,27,28). The highest BCUT2D eigenvalue weighted by Crippen LogP contribution is 2.32. The van der Waals surface area contributed by atoms with Crippen LogP contribution in [0, 0.1) is 11.3 Å². The Morgan fingerprint density at radius 1 is 1.19 bits per heavy atom. The molecule has 7 nitrogen and oxygen atoms in total. The van der Waals surface area contributed by atoms with Crippen molar-refractivity contribution >= 4 is 28.7 Å². The van der Waals surface area contributed by atoms with Crippen LogP contribution in [-0.4, -0.2) is 16.1 Å². The van der Waals surface area contributed by atoms with Crippen LogP contribution in [-0.2, 0) is 11.4 Å². The van der Waals surface area contributed by atoms with E-state index in [1.54, 1.807) is 30.3 Å². The Kier molecular flexibility index (Phi) is 5.74. The van der Waals surface area contributed by atoms with E-state index in [1.807, 2.05) is 24.3 Å². The normalized spacial score (nSPS) is 11.6. The third-order valence-corrected chi connectivity index (χ3v) is 4.87. The number of nitriles is 1. The van der Waals surface area contributed by atoms with Crippen molar-refractivity contribution in [3.8, 4) is 17.6 Å². The molecule has 3 aromatic carbocycles. The number of carbonyl (C=O) groups is 1. The lowest BCUT2D eigenvalue weighted by Crippen LogP contribution is -2.19. The van der Waals surface area contributed by atoms with E-state index in [1.165, 1.54) is 18.5 Å². The smallest absolute Gasteiger partial charge is 0.349 e. The van der Waals surface area contributed by atoms with E-state index in [9.17, 15) is 15.2 Å². The summed E-state index contributed by atoms with van der Waals surface area (Å²) in [6, 6.07) is 18.6. The molecule has 0 radical (unpaired) electrons. The lowest BCUT2D eigenvalue weighted by Gasteiger charge is -2.18. The second-order valence-corrected chi connectivity index (χ2v) is 6.98. The van der Waals surface area contributed by atoms with Gasteiger partial charge in [0.2, 0.25) is 6.10 Å². The first-order valence-corrected chi connectivity index (χ1v) is 9.56. The Balaban J connectivity index is 1.57. The summed E-state index contributed by atoms with van der Waals surface area (Å²) in [4.78, 5) is 16.0. The number of fused-ring (bicyclic) bond motifs is 1. The molecule has 8 heteroatoms. The van der Waals surface area contributed by atoms with E-state index in [0.717, 1.165) is 11.1 Å². The molecule has 1 N–H and O–H groups in total. The van der Waals surface area contributed by atoms with Gasteiger partial charge in [-0.3, -0.25) is 0 Å². The second-order valence-electron chi connectivity index (χ2n) is 6.57. The van der Waals surface area contributed by atoms with Gasteiger partial charge in [-0.25, -0.2) is 9.78 Å². The zero-order chi connectivity index (χ0) is 21.8. The molecule has 1 atom stereocenters. The summed E-state index contributed by atoms with van der Waals surface area (Å²) in [5.74, 6) is -0.678. The van der Waals surface area contributed by atoms with Crippen LogP contribution in [0.4, 0.5) is 0 Å². The SMILES string of the molecule is N#Cc1ccccc1OC(C(=O)O)c1cc(OCc2ccc3ncoc3c2)ccc1Cl. The fourth-order valence-electron chi connectivity index (χ4n) is 3.00. The maximum Gasteiger partial charge on any atom is 0.349 e. The Bertz CT molecular complexity index is 1290. The molecule has 0 saturated carbocycles. The number of para-hydroxylation sites is 1. The average molecular weight is 435 g/mol. The minimum Gasteiger partial charge on any atom is -0.489 e. The molecule has 1 heterocycles. The van der Waals surface area contributed by atoms with E-state index < -0.39 is 12.1 Å². The molecule has 4 aromatic rings. The summed E-state index contributed by atoms with van der Waals surface area (Å²) in [6.45, 7) is 0.230.